The molecule has 0 radical (unpaired) electrons. The van der Waals surface area contributed by atoms with Gasteiger partial charge in [0.15, 0.2) is 12.4 Å². The Labute approximate surface area is 186 Å². The molecule has 1 amide bonds. The van der Waals surface area contributed by atoms with Crippen molar-refractivity contribution in [3.8, 4) is 0 Å². The molecule has 8 nitrogen and oxygen atoms in total. The van der Waals surface area contributed by atoms with Crippen molar-refractivity contribution in [3.05, 3.63) is 65.1 Å². The van der Waals surface area contributed by atoms with Crippen molar-refractivity contribution >= 4 is 35.4 Å². The summed E-state index contributed by atoms with van der Waals surface area (Å²) in [7, 11) is -1.05. The van der Waals surface area contributed by atoms with Gasteiger partial charge in [0, 0.05) is 17.1 Å². The topological polar surface area (TPSA) is 111 Å². The molecule has 2 aromatic carbocycles. The maximum absolute atomic E-state index is 12.9. The van der Waals surface area contributed by atoms with Crippen LogP contribution in [0.1, 0.15) is 41.2 Å². The predicted molar refractivity (Wildman–Crippen MR) is 119 cm³/mol. The van der Waals surface area contributed by atoms with Crippen LogP contribution in [-0.2, 0) is 27.4 Å². The molecule has 1 atom stereocenters. The van der Waals surface area contributed by atoms with E-state index in [9.17, 15) is 14.6 Å². The maximum atomic E-state index is 12.9. The predicted octanol–water partition coefficient (Wildman–Crippen LogP) is 1.65. The minimum atomic E-state index is -1.05. The second kappa shape index (κ2) is 9.06. The van der Waals surface area contributed by atoms with Gasteiger partial charge < -0.3 is 19.7 Å². The number of hydrogen-bond acceptors (Lipinski definition) is 7. The van der Waals surface area contributed by atoms with E-state index in [1.165, 1.54) is 0 Å². The summed E-state index contributed by atoms with van der Waals surface area (Å²) in [6.07, 6.45) is 1.68. The molecule has 2 heterocycles. The molecule has 0 unspecified atom stereocenters. The van der Waals surface area contributed by atoms with Crippen LogP contribution in [0.5, 0.6) is 0 Å². The normalized spacial score (nSPS) is 13.8. The van der Waals surface area contributed by atoms with E-state index < -0.39 is 25.0 Å². The number of amides is 1. The van der Waals surface area contributed by atoms with Crippen LogP contribution in [-0.4, -0.2) is 40.0 Å². The number of hydrogen-bond donors (Lipinski definition) is 2. The highest BCUT2D eigenvalue weighted by molar-refractivity contribution is 6.62. The Hall–Kier alpha value is -3.30. The third kappa shape index (κ3) is 4.35. The van der Waals surface area contributed by atoms with Gasteiger partial charge in [-0.05, 0) is 41.6 Å². The summed E-state index contributed by atoms with van der Waals surface area (Å²) in [5, 5.41) is 13.7. The highest BCUT2D eigenvalue weighted by Gasteiger charge is 2.32. The van der Waals surface area contributed by atoms with Crippen molar-refractivity contribution in [3.63, 3.8) is 0 Å². The van der Waals surface area contributed by atoms with Crippen molar-refractivity contribution in [2.45, 2.75) is 40.0 Å². The molecular weight excluding hydrogens is 409 g/mol. The van der Waals surface area contributed by atoms with Crippen molar-refractivity contribution in [2.24, 2.45) is 5.92 Å². The highest BCUT2D eigenvalue weighted by atomic mass is 16.5. The fourth-order valence-corrected chi connectivity index (χ4v) is 3.77. The SMILES string of the molecule is Cc1c(C(=O)N[C@H](C(=O)OCc2ncc3ccccc3n2)C(C)C)ccc2c1B(O)OC2. The summed E-state index contributed by atoms with van der Waals surface area (Å²) in [6.45, 7) is 5.62. The van der Waals surface area contributed by atoms with Crippen LogP contribution in [0.25, 0.3) is 10.9 Å². The number of nitrogens with zero attached hydrogens (tertiary/aromatic N) is 2. The van der Waals surface area contributed by atoms with E-state index in [1.807, 2.05) is 38.1 Å². The molecule has 1 aliphatic heterocycles. The van der Waals surface area contributed by atoms with E-state index in [0.29, 0.717) is 29.0 Å². The standard InChI is InChI=1S/C23H24BN3O5/c1-13(2)21(23(29)31-12-19-25-10-15-6-4-5-7-18(15)26-19)27-22(28)17-9-8-16-11-32-24(30)20(16)14(17)3/h4-10,13,21,30H,11-12H2,1-3H3,(H,27,28)/t21-/m0/s1. The average Bonchev–Trinajstić information content (AvgIpc) is 3.17. The second-order valence-corrected chi connectivity index (χ2v) is 8.12. The first-order chi connectivity index (χ1) is 15.3. The molecule has 0 saturated heterocycles. The van der Waals surface area contributed by atoms with Crippen LogP contribution in [0.4, 0.5) is 0 Å². The van der Waals surface area contributed by atoms with Gasteiger partial charge in [-0.15, -0.1) is 0 Å². The molecule has 32 heavy (non-hydrogen) atoms. The molecule has 1 aromatic heterocycles. The number of rotatable bonds is 6. The van der Waals surface area contributed by atoms with E-state index in [2.05, 4.69) is 15.3 Å². The van der Waals surface area contributed by atoms with Crippen LogP contribution < -0.4 is 10.8 Å². The number of nitrogens with one attached hydrogen (secondary N) is 1. The molecule has 0 saturated carbocycles. The first-order valence-corrected chi connectivity index (χ1v) is 10.5. The molecule has 0 aliphatic carbocycles. The lowest BCUT2D eigenvalue weighted by atomic mass is 9.75. The van der Waals surface area contributed by atoms with Crippen LogP contribution >= 0.6 is 0 Å². The summed E-state index contributed by atoms with van der Waals surface area (Å²) in [5.41, 5.74) is 3.23. The van der Waals surface area contributed by atoms with E-state index >= 15 is 0 Å². The first-order valence-electron chi connectivity index (χ1n) is 10.5. The summed E-state index contributed by atoms with van der Waals surface area (Å²) in [5.74, 6) is -0.795. The third-order valence-corrected chi connectivity index (χ3v) is 5.58. The second-order valence-electron chi connectivity index (χ2n) is 8.12. The lowest BCUT2D eigenvalue weighted by Gasteiger charge is -2.21. The molecule has 3 aromatic rings. The van der Waals surface area contributed by atoms with Crippen LogP contribution in [0.3, 0.4) is 0 Å². The molecule has 164 valence electrons. The van der Waals surface area contributed by atoms with Crippen LogP contribution in [0, 0.1) is 12.8 Å². The minimum Gasteiger partial charge on any atom is -0.456 e. The Balaban J connectivity index is 1.45. The minimum absolute atomic E-state index is 0.0931. The van der Waals surface area contributed by atoms with Gasteiger partial charge in [-0.25, -0.2) is 14.8 Å². The number of aromatic nitrogens is 2. The Morgan fingerprint density at radius 3 is 2.81 bits per heavy atom. The van der Waals surface area contributed by atoms with Crippen LogP contribution in [0.15, 0.2) is 42.6 Å². The number of carbonyl (C=O) groups excluding carboxylic acids is 2. The summed E-state index contributed by atoms with van der Waals surface area (Å²) < 4.78 is 10.7. The molecule has 1 aliphatic rings. The van der Waals surface area contributed by atoms with E-state index in [1.54, 1.807) is 25.3 Å². The number of esters is 1. The van der Waals surface area contributed by atoms with Gasteiger partial charge in [0.2, 0.25) is 0 Å². The quantitative estimate of drug-likeness (QED) is 0.449. The van der Waals surface area contributed by atoms with E-state index in [0.717, 1.165) is 16.5 Å². The van der Waals surface area contributed by atoms with Gasteiger partial charge in [0.05, 0.1) is 12.1 Å². The Morgan fingerprint density at radius 1 is 1.25 bits per heavy atom. The fraction of sp³-hybridized carbons (Fsp3) is 0.304. The lowest BCUT2D eigenvalue weighted by molar-refractivity contribution is -0.148. The van der Waals surface area contributed by atoms with Gasteiger partial charge in [0.25, 0.3) is 5.91 Å². The Kier molecular flexibility index (Phi) is 6.20. The highest BCUT2D eigenvalue weighted by Crippen LogP contribution is 2.17. The molecule has 0 bridgehead atoms. The smallest absolute Gasteiger partial charge is 0.456 e. The number of benzene rings is 2. The van der Waals surface area contributed by atoms with Gasteiger partial charge in [-0.1, -0.05) is 38.1 Å². The Bertz CT molecular complexity index is 1180. The third-order valence-electron chi connectivity index (χ3n) is 5.58. The average molecular weight is 433 g/mol. The summed E-state index contributed by atoms with van der Waals surface area (Å²) in [4.78, 5) is 34.3. The molecule has 0 spiro atoms. The number of fused-ring (bicyclic) bond motifs is 2. The van der Waals surface area contributed by atoms with Gasteiger partial charge in [-0.2, -0.15) is 0 Å². The van der Waals surface area contributed by atoms with Crippen molar-refractivity contribution in [1.82, 2.24) is 15.3 Å². The fourth-order valence-electron chi connectivity index (χ4n) is 3.77. The zero-order valence-corrected chi connectivity index (χ0v) is 18.2. The monoisotopic (exact) mass is 433 g/mol. The first kappa shape index (κ1) is 21.9. The Morgan fingerprint density at radius 2 is 2.03 bits per heavy atom. The molecule has 4 rings (SSSR count). The number of carbonyl (C=O) groups is 2. The van der Waals surface area contributed by atoms with Crippen molar-refractivity contribution in [1.29, 1.82) is 0 Å². The largest absolute Gasteiger partial charge is 0.492 e. The zero-order chi connectivity index (χ0) is 22.8. The summed E-state index contributed by atoms with van der Waals surface area (Å²) >= 11 is 0. The molecular formula is C23H24BN3O5. The molecule has 2 N–H and O–H groups in total. The van der Waals surface area contributed by atoms with E-state index in [-0.39, 0.29) is 12.5 Å². The van der Waals surface area contributed by atoms with Gasteiger partial charge >= 0.3 is 13.1 Å². The van der Waals surface area contributed by atoms with E-state index in [4.69, 9.17) is 9.39 Å². The zero-order valence-electron chi connectivity index (χ0n) is 18.2. The molecule has 9 heteroatoms. The number of ether oxygens (including phenoxy) is 1. The van der Waals surface area contributed by atoms with Crippen molar-refractivity contribution < 1.29 is 24.0 Å². The van der Waals surface area contributed by atoms with Crippen LogP contribution in [0.2, 0.25) is 0 Å². The maximum Gasteiger partial charge on any atom is 0.492 e. The summed E-state index contributed by atoms with van der Waals surface area (Å²) in [6, 6.07) is 10.1. The number of para-hydroxylation sites is 1. The lowest BCUT2D eigenvalue weighted by Crippen LogP contribution is -2.46. The molecule has 0 fully saturated rings. The van der Waals surface area contributed by atoms with Gasteiger partial charge in [0.1, 0.15) is 6.04 Å². The van der Waals surface area contributed by atoms with Gasteiger partial charge in [-0.3, -0.25) is 4.79 Å². The van der Waals surface area contributed by atoms with Crippen molar-refractivity contribution in [2.75, 3.05) is 0 Å².